The van der Waals surface area contributed by atoms with Gasteiger partial charge in [-0.25, -0.2) is 12.8 Å². The number of hydrogen-bond donors (Lipinski definition) is 2. The zero-order chi connectivity index (χ0) is 12.6. The molecule has 2 rings (SSSR count). The predicted molar refractivity (Wildman–Crippen MR) is 62.5 cm³/mol. The maximum atomic E-state index is 13.1. The molecule has 94 valence electrons. The summed E-state index contributed by atoms with van der Waals surface area (Å²) in [6.45, 7) is 0. The summed E-state index contributed by atoms with van der Waals surface area (Å²) >= 11 is 0. The molecule has 4 nitrogen and oxygen atoms in total. The van der Waals surface area contributed by atoms with E-state index in [1.165, 1.54) is 12.1 Å². The van der Waals surface area contributed by atoms with Crippen LogP contribution in [-0.4, -0.2) is 25.0 Å². The highest BCUT2D eigenvalue weighted by molar-refractivity contribution is 7.91. The minimum Gasteiger partial charge on any atom is -0.398 e. The first-order valence-electron chi connectivity index (χ1n) is 5.32. The topological polar surface area (TPSA) is 80.4 Å². The third kappa shape index (κ3) is 2.58. The van der Waals surface area contributed by atoms with Crippen LogP contribution in [0, 0.1) is 11.7 Å². The third-order valence-electron chi connectivity index (χ3n) is 3.08. The normalized spacial score (nSPS) is 24.7. The Bertz CT molecular complexity index is 530. The first kappa shape index (κ1) is 12.3. The van der Waals surface area contributed by atoms with Crippen LogP contribution >= 0.6 is 0 Å². The quantitative estimate of drug-likeness (QED) is 0.772. The zero-order valence-electron chi connectivity index (χ0n) is 9.14. The van der Waals surface area contributed by atoms with Gasteiger partial charge in [-0.2, -0.15) is 0 Å². The molecule has 0 amide bonds. The number of sulfone groups is 1. The van der Waals surface area contributed by atoms with Gasteiger partial charge in [0, 0.05) is 17.2 Å². The minimum atomic E-state index is -3.07. The van der Waals surface area contributed by atoms with E-state index < -0.39 is 27.7 Å². The first-order valence-corrected chi connectivity index (χ1v) is 7.14. The van der Waals surface area contributed by atoms with Crippen LogP contribution in [0.3, 0.4) is 0 Å². The van der Waals surface area contributed by atoms with Gasteiger partial charge in [0.25, 0.3) is 0 Å². The monoisotopic (exact) mass is 259 g/mol. The highest BCUT2D eigenvalue weighted by Crippen LogP contribution is 2.34. The smallest absolute Gasteiger partial charge is 0.150 e. The lowest BCUT2D eigenvalue weighted by atomic mass is 9.94. The fourth-order valence-electron chi connectivity index (χ4n) is 2.13. The molecule has 2 unspecified atom stereocenters. The Balaban J connectivity index is 2.26. The maximum absolute atomic E-state index is 13.1. The van der Waals surface area contributed by atoms with Crippen LogP contribution in [0.4, 0.5) is 10.1 Å². The van der Waals surface area contributed by atoms with Crippen molar-refractivity contribution in [3.63, 3.8) is 0 Å². The highest BCUT2D eigenvalue weighted by atomic mass is 32.2. The fraction of sp³-hybridized carbons (Fsp3) is 0.455. The van der Waals surface area contributed by atoms with Crippen molar-refractivity contribution >= 4 is 15.5 Å². The number of rotatable bonds is 2. The molecule has 3 N–H and O–H groups in total. The molecule has 1 aliphatic heterocycles. The lowest BCUT2D eigenvalue weighted by Gasteiger charge is -2.18. The first-order chi connectivity index (χ1) is 7.89. The van der Waals surface area contributed by atoms with Gasteiger partial charge in [-0.15, -0.1) is 0 Å². The number of hydrogen-bond acceptors (Lipinski definition) is 4. The van der Waals surface area contributed by atoms with Crippen molar-refractivity contribution in [2.75, 3.05) is 17.2 Å². The van der Waals surface area contributed by atoms with Gasteiger partial charge in [0.1, 0.15) is 5.82 Å². The van der Waals surface area contributed by atoms with Crippen LogP contribution in [0.25, 0.3) is 0 Å². The Morgan fingerprint density at radius 3 is 2.76 bits per heavy atom. The molecule has 1 aliphatic rings. The average molecular weight is 259 g/mol. The summed E-state index contributed by atoms with van der Waals surface area (Å²) in [7, 11) is -3.07. The van der Waals surface area contributed by atoms with Crippen LogP contribution in [0.1, 0.15) is 18.1 Å². The number of anilines is 1. The Kier molecular flexibility index (Phi) is 3.09. The van der Waals surface area contributed by atoms with E-state index in [-0.39, 0.29) is 22.8 Å². The summed E-state index contributed by atoms with van der Waals surface area (Å²) in [6.07, 6.45) is -0.637. The maximum Gasteiger partial charge on any atom is 0.150 e. The van der Waals surface area contributed by atoms with E-state index in [9.17, 15) is 17.9 Å². The molecule has 0 bridgehead atoms. The molecular weight excluding hydrogens is 245 g/mol. The highest BCUT2D eigenvalue weighted by Gasteiger charge is 2.34. The molecule has 0 saturated carbocycles. The van der Waals surface area contributed by atoms with E-state index in [1.54, 1.807) is 0 Å². The van der Waals surface area contributed by atoms with E-state index in [1.807, 2.05) is 0 Å². The van der Waals surface area contributed by atoms with E-state index >= 15 is 0 Å². The van der Waals surface area contributed by atoms with Crippen molar-refractivity contribution in [1.82, 2.24) is 0 Å². The van der Waals surface area contributed by atoms with Crippen molar-refractivity contribution in [3.05, 3.63) is 29.6 Å². The number of benzene rings is 1. The molecule has 0 aromatic heterocycles. The predicted octanol–water partition coefficient (Wildman–Crippen LogP) is 0.876. The third-order valence-corrected chi connectivity index (χ3v) is 4.88. The summed E-state index contributed by atoms with van der Waals surface area (Å²) in [5, 5.41) is 10.0. The zero-order valence-corrected chi connectivity index (χ0v) is 9.95. The Morgan fingerprint density at radius 1 is 1.47 bits per heavy atom. The molecule has 0 aliphatic carbocycles. The molecule has 0 radical (unpaired) electrons. The summed E-state index contributed by atoms with van der Waals surface area (Å²) in [5.74, 6) is -0.883. The number of halogens is 1. The van der Waals surface area contributed by atoms with Crippen LogP contribution in [-0.2, 0) is 9.84 Å². The van der Waals surface area contributed by atoms with Crippen LogP contribution in [0.2, 0.25) is 0 Å². The van der Waals surface area contributed by atoms with E-state index in [0.717, 1.165) is 6.07 Å². The molecule has 1 fully saturated rings. The van der Waals surface area contributed by atoms with Gasteiger partial charge in [0.15, 0.2) is 9.84 Å². The second kappa shape index (κ2) is 4.27. The molecule has 1 saturated heterocycles. The standard InChI is InChI=1S/C11H14FNO3S/c12-8-1-2-10(13)9(5-8)11(14)7-3-4-17(15,16)6-7/h1-2,5,7,11,14H,3-4,6,13H2. The van der Waals surface area contributed by atoms with Crippen molar-refractivity contribution in [2.45, 2.75) is 12.5 Å². The van der Waals surface area contributed by atoms with Gasteiger partial charge in [0.2, 0.25) is 0 Å². The Morgan fingerprint density at radius 2 is 2.18 bits per heavy atom. The van der Waals surface area contributed by atoms with E-state index in [4.69, 9.17) is 5.73 Å². The Hall–Kier alpha value is -1.14. The van der Waals surface area contributed by atoms with Gasteiger partial charge in [-0.05, 0) is 24.6 Å². The summed E-state index contributed by atoms with van der Waals surface area (Å²) in [6, 6.07) is 3.74. The lowest BCUT2D eigenvalue weighted by Crippen LogP contribution is -2.15. The van der Waals surface area contributed by atoms with Crippen LogP contribution in [0.15, 0.2) is 18.2 Å². The fourth-order valence-corrected chi connectivity index (χ4v) is 3.96. The van der Waals surface area contributed by atoms with E-state index in [0.29, 0.717) is 6.42 Å². The Labute approximate surface area is 99.2 Å². The summed E-state index contributed by atoms with van der Waals surface area (Å²) in [5.41, 5.74) is 6.20. The molecule has 1 aromatic carbocycles. The molecule has 6 heteroatoms. The van der Waals surface area contributed by atoms with Crippen molar-refractivity contribution in [1.29, 1.82) is 0 Å². The molecule has 1 aromatic rings. The lowest BCUT2D eigenvalue weighted by molar-refractivity contribution is 0.121. The van der Waals surface area contributed by atoms with Crippen LogP contribution < -0.4 is 5.73 Å². The number of aliphatic hydroxyl groups is 1. The molecular formula is C11H14FNO3S. The van der Waals surface area contributed by atoms with Gasteiger partial charge in [0.05, 0.1) is 17.6 Å². The van der Waals surface area contributed by atoms with Gasteiger partial charge < -0.3 is 10.8 Å². The average Bonchev–Trinajstić information content (AvgIpc) is 2.61. The molecule has 2 atom stereocenters. The number of aliphatic hydroxyl groups excluding tert-OH is 1. The molecule has 1 heterocycles. The largest absolute Gasteiger partial charge is 0.398 e. The SMILES string of the molecule is Nc1ccc(F)cc1C(O)C1CCS(=O)(=O)C1. The van der Waals surface area contributed by atoms with Crippen LogP contribution in [0.5, 0.6) is 0 Å². The second-order valence-electron chi connectivity index (χ2n) is 4.38. The molecule has 17 heavy (non-hydrogen) atoms. The van der Waals surface area contributed by atoms with Gasteiger partial charge in [-0.3, -0.25) is 0 Å². The number of nitrogens with two attached hydrogens (primary N) is 1. The number of nitrogen functional groups attached to an aromatic ring is 1. The second-order valence-corrected chi connectivity index (χ2v) is 6.61. The van der Waals surface area contributed by atoms with Crippen molar-refractivity contribution in [3.8, 4) is 0 Å². The minimum absolute atomic E-state index is 0.0654. The summed E-state index contributed by atoms with van der Waals surface area (Å²) < 4.78 is 35.7. The van der Waals surface area contributed by atoms with Crippen molar-refractivity contribution < 1.29 is 17.9 Å². The van der Waals surface area contributed by atoms with Crippen molar-refractivity contribution in [2.24, 2.45) is 5.92 Å². The van der Waals surface area contributed by atoms with Gasteiger partial charge >= 0.3 is 0 Å². The van der Waals surface area contributed by atoms with E-state index in [2.05, 4.69) is 0 Å². The van der Waals surface area contributed by atoms with Gasteiger partial charge in [-0.1, -0.05) is 0 Å². The molecule has 0 spiro atoms. The summed E-state index contributed by atoms with van der Waals surface area (Å²) in [4.78, 5) is 0.